The Morgan fingerprint density at radius 2 is 2.50 bits per heavy atom. The summed E-state index contributed by atoms with van der Waals surface area (Å²) in [4.78, 5) is 4.24. The van der Waals surface area contributed by atoms with Crippen molar-refractivity contribution < 1.29 is 0 Å². The van der Waals surface area contributed by atoms with Crippen molar-refractivity contribution in [2.45, 2.75) is 32.9 Å². The van der Waals surface area contributed by atoms with Crippen molar-refractivity contribution in [2.75, 3.05) is 0 Å². The molecule has 0 radical (unpaired) electrons. The fraction of sp³-hybridized carbons (Fsp3) is 0.625. The summed E-state index contributed by atoms with van der Waals surface area (Å²) in [7, 11) is 0. The first kappa shape index (κ1) is 9.22. The molecule has 68 valence electrons. The molecule has 1 heterocycles. The second-order valence-corrected chi connectivity index (χ2v) is 2.90. The Balaban J connectivity index is 2.61. The zero-order chi connectivity index (χ0) is 8.97. The number of rotatable bonds is 4. The topological polar surface area (TPSA) is 55.9 Å². The van der Waals surface area contributed by atoms with Crippen molar-refractivity contribution in [3.8, 4) is 0 Å². The third kappa shape index (κ3) is 2.06. The molecule has 3 N–H and O–H groups in total. The lowest BCUT2D eigenvalue weighted by molar-refractivity contribution is 0.537. The van der Waals surface area contributed by atoms with Gasteiger partial charge in [-0.3, -0.25) is 11.3 Å². The van der Waals surface area contributed by atoms with Crippen LogP contribution in [0.25, 0.3) is 0 Å². The summed E-state index contributed by atoms with van der Waals surface area (Å²) in [5, 5.41) is 0. The van der Waals surface area contributed by atoms with Crippen LogP contribution in [0.2, 0.25) is 0 Å². The molecule has 1 rings (SSSR count). The van der Waals surface area contributed by atoms with E-state index in [0.717, 1.165) is 18.8 Å². The third-order valence-electron chi connectivity index (χ3n) is 1.92. The van der Waals surface area contributed by atoms with Gasteiger partial charge in [0.25, 0.3) is 0 Å². The standard InChI is InChI=1S/C8H16N4/c1-3-12-5-4-10-8(12)6-7(2)11-9/h4-5,7,11H,3,6,9H2,1-2H3. The van der Waals surface area contributed by atoms with E-state index in [2.05, 4.69) is 21.9 Å². The minimum Gasteiger partial charge on any atom is -0.335 e. The minimum absolute atomic E-state index is 0.276. The van der Waals surface area contributed by atoms with Gasteiger partial charge in [-0.15, -0.1) is 0 Å². The number of nitrogens with zero attached hydrogens (tertiary/aromatic N) is 2. The van der Waals surface area contributed by atoms with Crippen molar-refractivity contribution in [2.24, 2.45) is 5.84 Å². The summed E-state index contributed by atoms with van der Waals surface area (Å²) in [6.07, 6.45) is 4.68. The fourth-order valence-electron chi connectivity index (χ4n) is 1.15. The zero-order valence-electron chi connectivity index (χ0n) is 7.62. The van der Waals surface area contributed by atoms with Gasteiger partial charge in [-0.05, 0) is 13.8 Å². The van der Waals surface area contributed by atoms with Gasteiger partial charge in [0.2, 0.25) is 0 Å². The highest BCUT2D eigenvalue weighted by atomic mass is 15.2. The van der Waals surface area contributed by atoms with E-state index in [-0.39, 0.29) is 6.04 Å². The number of nitrogens with two attached hydrogens (primary N) is 1. The third-order valence-corrected chi connectivity index (χ3v) is 1.92. The number of hydrogen-bond acceptors (Lipinski definition) is 3. The Labute approximate surface area is 72.8 Å². The van der Waals surface area contributed by atoms with Crippen molar-refractivity contribution in [3.63, 3.8) is 0 Å². The zero-order valence-corrected chi connectivity index (χ0v) is 7.62. The van der Waals surface area contributed by atoms with E-state index in [0.29, 0.717) is 0 Å². The molecule has 12 heavy (non-hydrogen) atoms. The van der Waals surface area contributed by atoms with Gasteiger partial charge in [0.15, 0.2) is 0 Å². The second kappa shape index (κ2) is 4.23. The van der Waals surface area contributed by atoms with Crippen LogP contribution in [0.4, 0.5) is 0 Å². The Hall–Kier alpha value is -0.870. The number of hydrogen-bond donors (Lipinski definition) is 2. The number of aryl methyl sites for hydroxylation is 1. The predicted octanol–water partition coefficient (Wildman–Crippen LogP) is 0.297. The van der Waals surface area contributed by atoms with Crippen molar-refractivity contribution in [1.82, 2.24) is 15.0 Å². The molecule has 0 saturated heterocycles. The Kier molecular flexibility index (Phi) is 3.25. The fourth-order valence-corrected chi connectivity index (χ4v) is 1.15. The first-order valence-electron chi connectivity index (χ1n) is 4.24. The summed E-state index contributed by atoms with van der Waals surface area (Å²) in [5.41, 5.74) is 2.70. The molecule has 1 aromatic rings. The maximum atomic E-state index is 5.29. The average molecular weight is 168 g/mol. The normalized spacial score (nSPS) is 13.2. The van der Waals surface area contributed by atoms with Gasteiger partial charge < -0.3 is 4.57 Å². The first-order chi connectivity index (χ1) is 5.77. The van der Waals surface area contributed by atoms with Gasteiger partial charge in [-0.2, -0.15) is 0 Å². The molecule has 0 aliphatic rings. The highest BCUT2D eigenvalue weighted by Gasteiger charge is 2.05. The highest BCUT2D eigenvalue weighted by Crippen LogP contribution is 2.00. The molecule has 0 amide bonds. The van der Waals surface area contributed by atoms with Crippen LogP contribution in [0, 0.1) is 0 Å². The monoisotopic (exact) mass is 168 g/mol. The van der Waals surface area contributed by atoms with E-state index in [9.17, 15) is 0 Å². The number of hydrazine groups is 1. The Morgan fingerprint density at radius 1 is 1.75 bits per heavy atom. The summed E-state index contributed by atoms with van der Waals surface area (Å²) >= 11 is 0. The summed E-state index contributed by atoms with van der Waals surface area (Å²) in [5.74, 6) is 6.38. The lowest BCUT2D eigenvalue weighted by Gasteiger charge is -2.10. The van der Waals surface area contributed by atoms with Gasteiger partial charge >= 0.3 is 0 Å². The van der Waals surface area contributed by atoms with E-state index < -0.39 is 0 Å². The molecule has 0 saturated carbocycles. The maximum Gasteiger partial charge on any atom is 0.110 e. The molecular formula is C8H16N4. The molecule has 1 aromatic heterocycles. The van der Waals surface area contributed by atoms with Crippen molar-refractivity contribution in [3.05, 3.63) is 18.2 Å². The molecule has 0 aliphatic carbocycles. The van der Waals surface area contributed by atoms with Crippen LogP contribution in [0.3, 0.4) is 0 Å². The van der Waals surface area contributed by atoms with Gasteiger partial charge in [-0.1, -0.05) is 0 Å². The lowest BCUT2D eigenvalue weighted by atomic mass is 10.2. The smallest absolute Gasteiger partial charge is 0.110 e. The van der Waals surface area contributed by atoms with Crippen LogP contribution in [0.5, 0.6) is 0 Å². The highest BCUT2D eigenvalue weighted by molar-refractivity contribution is 4.94. The number of aromatic nitrogens is 2. The van der Waals surface area contributed by atoms with Crippen LogP contribution in [0.15, 0.2) is 12.4 Å². The molecule has 0 spiro atoms. The average Bonchev–Trinajstić information content (AvgIpc) is 2.51. The quantitative estimate of drug-likeness (QED) is 0.502. The van der Waals surface area contributed by atoms with E-state index in [1.54, 1.807) is 0 Å². The van der Waals surface area contributed by atoms with E-state index in [4.69, 9.17) is 5.84 Å². The Morgan fingerprint density at radius 3 is 3.08 bits per heavy atom. The van der Waals surface area contributed by atoms with Crippen LogP contribution < -0.4 is 11.3 Å². The SMILES string of the molecule is CCn1ccnc1CC(C)NN. The Bertz CT molecular complexity index is 231. The molecule has 0 aromatic carbocycles. The van der Waals surface area contributed by atoms with E-state index >= 15 is 0 Å². The molecule has 0 bridgehead atoms. The maximum absolute atomic E-state index is 5.29. The molecule has 4 heteroatoms. The van der Waals surface area contributed by atoms with Gasteiger partial charge in [0.05, 0.1) is 0 Å². The van der Waals surface area contributed by atoms with Crippen LogP contribution in [0.1, 0.15) is 19.7 Å². The van der Waals surface area contributed by atoms with E-state index in [1.807, 2.05) is 19.3 Å². The predicted molar refractivity (Wildman–Crippen MR) is 48.4 cm³/mol. The van der Waals surface area contributed by atoms with Gasteiger partial charge in [0, 0.05) is 31.4 Å². The van der Waals surface area contributed by atoms with Crippen LogP contribution >= 0.6 is 0 Å². The van der Waals surface area contributed by atoms with Crippen molar-refractivity contribution in [1.29, 1.82) is 0 Å². The number of imidazole rings is 1. The molecule has 0 aliphatic heterocycles. The minimum atomic E-state index is 0.276. The van der Waals surface area contributed by atoms with Crippen molar-refractivity contribution >= 4 is 0 Å². The summed E-state index contributed by atoms with van der Waals surface area (Å²) < 4.78 is 2.12. The van der Waals surface area contributed by atoms with Crippen LogP contribution in [-0.4, -0.2) is 15.6 Å². The second-order valence-electron chi connectivity index (χ2n) is 2.90. The van der Waals surface area contributed by atoms with E-state index in [1.165, 1.54) is 0 Å². The molecule has 0 fully saturated rings. The van der Waals surface area contributed by atoms with Gasteiger partial charge in [-0.25, -0.2) is 4.98 Å². The molecule has 1 unspecified atom stereocenters. The first-order valence-corrected chi connectivity index (χ1v) is 4.24. The van der Waals surface area contributed by atoms with Crippen LogP contribution in [-0.2, 0) is 13.0 Å². The largest absolute Gasteiger partial charge is 0.335 e. The summed E-state index contributed by atoms with van der Waals surface area (Å²) in [6.45, 7) is 5.10. The molecular weight excluding hydrogens is 152 g/mol. The molecule has 4 nitrogen and oxygen atoms in total. The summed E-state index contributed by atoms with van der Waals surface area (Å²) in [6, 6.07) is 0.276. The number of nitrogens with one attached hydrogen (secondary N) is 1. The molecule has 1 atom stereocenters. The van der Waals surface area contributed by atoms with Gasteiger partial charge in [0.1, 0.15) is 5.82 Å². The lowest BCUT2D eigenvalue weighted by Crippen LogP contribution is -2.34.